The topological polar surface area (TPSA) is 81.7 Å². The predicted octanol–water partition coefficient (Wildman–Crippen LogP) is 1.75. The summed E-state index contributed by atoms with van der Waals surface area (Å²) in [4.78, 5) is 12.4. The first-order valence-electron chi connectivity index (χ1n) is 8.47. The number of rotatable bonds is 11. The maximum atomic E-state index is 12.4. The van der Waals surface area contributed by atoms with Crippen molar-refractivity contribution in [3.05, 3.63) is 48.0 Å². The zero-order valence-electron chi connectivity index (χ0n) is 15.7. The molecular weight excluding hydrogens is 356 g/mol. The van der Waals surface area contributed by atoms with E-state index in [2.05, 4.69) is 0 Å². The Morgan fingerprint density at radius 2 is 1.30 bits per heavy atom. The molecule has 0 unspecified atom stereocenters. The smallest absolute Gasteiger partial charge is 0.338 e. The van der Waals surface area contributed by atoms with Crippen molar-refractivity contribution < 1.29 is 38.0 Å². The molecule has 0 spiro atoms. The van der Waals surface area contributed by atoms with Crippen LogP contribution in [0.2, 0.25) is 0 Å². The standard InChI is InChI=1S/C19H26O8/c1-21-11-24-15-9-10-16(27-19(20)14-7-5-4-6-8-14)18(26-13-23-3)17(15)25-12-22-2/h4-10,15-18H,11-13H2,1-3H3/t15-,16+,17+,18-/m0/s1. The van der Waals surface area contributed by atoms with Crippen LogP contribution in [0.3, 0.4) is 0 Å². The molecule has 0 bridgehead atoms. The fourth-order valence-corrected chi connectivity index (χ4v) is 2.65. The van der Waals surface area contributed by atoms with Gasteiger partial charge in [-0.2, -0.15) is 0 Å². The highest BCUT2D eigenvalue weighted by molar-refractivity contribution is 5.89. The fraction of sp³-hybridized carbons (Fsp3) is 0.526. The molecule has 1 aromatic carbocycles. The van der Waals surface area contributed by atoms with E-state index >= 15 is 0 Å². The van der Waals surface area contributed by atoms with Gasteiger partial charge in [-0.05, 0) is 18.2 Å². The van der Waals surface area contributed by atoms with E-state index in [1.165, 1.54) is 21.3 Å². The normalized spacial score (nSPS) is 24.7. The van der Waals surface area contributed by atoms with Gasteiger partial charge in [-0.3, -0.25) is 0 Å². The molecular formula is C19H26O8. The maximum absolute atomic E-state index is 12.4. The summed E-state index contributed by atoms with van der Waals surface area (Å²) in [6, 6.07) is 8.73. The van der Waals surface area contributed by atoms with Crippen LogP contribution in [0.4, 0.5) is 0 Å². The average molecular weight is 382 g/mol. The van der Waals surface area contributed by atoms with Gasteiger partial charge in [-0.25, -0.2) is 4.79 Å². The summed E-state index contributed by atoms with van der Waals surface area (Å²) in [6.07, 6.45) is 1.09. The molecule has 8 nitrogen and oxygen atoms in total. The fourth-order valence-electron chi connectivity index (χ4n) is 2.65. The molecule has 0 amide bonds. The molecule has 0 aromatic heterocycles. The summed E-state index contributed by atoms with van der Waals surface area (Å²) < 4.78 is 37.8. The molecule has 1 aliphatic rings. The van der Waals surface area contributed by atoms with Gasteiger partial charge >= 0.3 is 5.97 Å². The second kappa shape index (κ2) is 11.8. The van der Waals surface area contributed by atoms with Crippen molar-refractivity contribution in [2.75, 3.05) is 41.7 Å². The van der Waals surface area contributed by atoms with Crippen LogP contribution in [0, 0.1) is 0 Å². The van der Waals surface area contributed by atoms with Gasteiger partial charge in [-0.15, -0.1) is 0 Å². The molecule has 0 N–H and O–H groups in total. The van der Waals surface area contributed by atoms with Crippen molar-refractivity contribution in [3.63, 3.8) is 0 Å². The quantitative estimate of drug-likeness (QED) is 0.325. The van der Waals surface area contributed by atoms with E-state index in [1.54, 1.807) is 36.4 Å². The minimum absolute atomic E-state index is 0.00172. The van der Waals surface area contributed by atoms with Crippen LogP contribution in [0.15, 0.2) is 42.5 Å². The first-order chi connectivity index (χ1) is 13.2. The second-order valence-electron chi connectivity index (χ2n) is 5.73. The van der Waals surface area contributed by atoms with Crippen LogP contribution in [0.25, 0.3) is 0 Å². The minimum Gasteiger partial charge on any atom is -0.452 e. The van der Waals surface area contributed by atoms with Gasteiger partial charge < -0.3 is 33.2 Å². The van der Waals surface area contributed by atoms with E-state index in [0.717, 1.165) is 0 Å². The number of esters is 1. The Bertz CT molecular complexity index is 576. The van der Waals surface area contributed by atoms with Gasteiger partial charge in [0.05, 0.1) is 5.56 Å². The van der Waals surface area contributed by atoms with Crippen LogP contribution in [-0.2, 0) is 33.2 Å². The Labute approximate surface area is 158 Å². The lowest BCUT2D eigenvalue weighted by atomic mass is 9.95. The number of benzene rings is 1. The van der Waals surface area contributed by atoms with Gasteiger partial charge in [0.2, 0.25) is 0 Å². The SMILES string of the molecule is COCO[C@@H]1[C@H](OCOC)[C@@H](OCOC)C=C[C@H]1OC(=O)c1ccccc1. The average Bonchev–Trinajstić information content (AvgIpc) is 2.71. The molecule has 150 valence electrons. The summed E-state index contributed by atoms with van der Waals surface area (Å²) in [6.45, 7) is 0.104. The monoisotopic (exact) mass is 382 g/mol. The van der Waals surface area contributed by atoms with Gasteiger partial charge in [0.15, 0.2) is 0 Å². The van der Waals surface area contributed by atoms with Crippen LogP contribution in [-0.4, -0.2) is 72.1 Å². The molecule has 0 saturated carbocycles. The molecule has 0 fully saturated rings. The van der Waals surface area contributed by atoms with Crippen molar-refractivity contribution >= 4 is 5.97 Å². The zero-order chi connectivity index (χ0) is 19.5. The lowest BCUT2D eigenvalue weighted by Crippen LogP contribution is -2.52. The van der Waals surface area contributed by atoms with E-state index in [0.29, 0.717) is 5.56 Å². The van der Waals surface area contributed by atoms with Crippen molar-refractivity contribution in [2.24, 2.45) is 0 Å². The molecule has 2 rings (SSSR count). The van der Waals surface area contributed by atoms with Crippen LogP contribution in [0.5, 0.6) is 0 Å². The van der Waals surface area contributed by atoms with Crippen LogP contribution in [0.1, 0.15) is 10.4 Å². The maximum Gasteiger partial charge on any atom is 0.338 e. The number of methoxy groups -OCH3 is 3. The molecule has 0 aliphatic heterocycles. The van der Waals surface area contributed by atoms with Gasteiger partial charge in [0.25, 0.3) is 0 Å². The Morgan fingerprint density at radius 1 is 0.778 bits per heavy atom. The van der Waals surface area contributed by atoms with Crippen molar-refractivity contribution in [1.29, 1.82) is 0 Å². The number of carbonyl (C=O) groups is 1. The van der Waals surface area contributed by atoms with E-state index in [4.69, 9.17) is 33.2 Å². The Hall–Kier alpha value is -1.81. The lowest BCUT2D eigenvalue weighted by Gasteiger charge is -2.37. The summed E-state index contributed by atoms with van der Waals surface area (Å²) in [5.74, 6) is -0.460. The molecule has 1 aliphatic carbocycles. The Morgan fingerprint density at radius 3 is 1.89 bits per heavy atom. The highest BCUT2D eigenvalue weighted by Crippen LogP contribution is 2.25. The summed E-state index contributed by atoms with van der Waals surface area (Å²) >= 11 is 0. The number of hydrogen-bond acceptors (Lipinski definition) is 8. The van der Waals surface area contributed by atoms with Crippen molar-refractivity contribution in [2.45, 2.75) is 24.4 Å². The number of ether oxygens (including phenoxy) is 7. The van der Waals surface area contributed by atoms with E-state index in [9.17, 15) is 4.79 Å². The zero-order valence-corrected chi connectivity index (χ0v) is 15.7. The van der Waals surface area contributed by atoms with Gasteiger partial charge in [-0.1, -0.05) is 24.3 Å². The third-order valence-electron chi connectivity index (χ3n) is 3.85. The third-order valence-corrected chi connectivity index (χ3v) is 3.85. The van der Waals surface area contributed by atoms with Crippen LogP contribution < -0.4 is 0 Å². The highest BCUT2D eigenvalue weighted by atomic mass is 16.7. The van der Waals surface area contributed by atoms with Crippen molar-refractivity contribution in [1.82, 2.24) is 0 Å². The highest BCUT2D eigenvalue weighted by Gasteiger charge is 2.41. The minimum atomic E-state index is -0.683. The van der Waals surface area contributed by atoms with Gasteiger partial charge in [0.1, 0.15) is 44.8 Å². The van der Waals surface area contributed by atoms with E-state index < -0.39 is 30.4 Å². The molecule has 4 atom stereocenters. The largest absolute Gasteiger partial charge is 0.452 e. The van der Waals surface area contributed by atoms with E-state index in [-0.39, 0.29) is 20.4 Å². The van der Waals surface area contributed by atoms with Crippen LogP contribution >= 0.6 is 0 Å². The third kappa shape index (κ3) is 6.39. The Balaban J connectivity index is 2.17. The summed E-state index contributed by atoms with van der Waals surface area (Å²) in [5, 5.41) is 0. The second-order valence-corrected chi connectivity index (χ2v) is 5.73. The number of hydrogen-bond donors (Lipinski definition) is 0. The molecule has 1 aromatic rings. The predicted molar refractivity (Wildman–Crippen MR) is 95.0 cm³/mol. The van der Waals surface area contributed by atoms with E-state index in [1.807, 2.05) is 6.07 Å². The lowest BCUT2D eigenvalue weighted by molar-refractivity contribution is -0.216. The first kappa shape index (κ1) is 21.5. The molecule has 27 heavy (non-hydrogen) atoms. The molecule has 0 radical (unpaired) electrons. The summed E-state index contributed by atoms with van der Waals surface area (Å²) in [7, 11) is 4.55. The molecule has 0 heterocycles. The molecule has 0 saturated heterocycles. The van der Waals surface area contributed by atoms with Gasteiger partial charge in [0, 0.05) is 21.3 Å². The molecule has 8 heteroatoms. The van der Waals surface area contributed by atoms with Crippen molar-refractivity contribution in [3.8, 4) is 0 Å². The Kier molecular flexibility index (Phi) is 9.40. The first-order valence-corrected chi connectivity index (χ1v) is 8.47. The summed E-state index contributed by atoms with van der Waals surface area (Å²) in [5.41, 5.74) is 0.448. The number of carbonyl (C=O) groups excluding carboxylic acids is 1.